The lowest BCUT2D eigenvalue weighted by molar-refractivity contribution is -0.441. The standard InChI is InChI=1S/C4H9IN/c1-3-2-4(3,5)6/h3,5H,2,6H2,1H3/q+1/t3?,4-/m0/s1. The summed E-state index contributed by atoms with van der Waals surface area (Å²) in [6.07, 6.45) is 1.22. The van der Waals surface area contributed by atoms with Crippen LogP contribution in [0.25, 0.3) is 0 Å². The van der Waals surface area contributed by atoms with E-state index >= 15 is 0 Å². The van der Waals surface area contributed by atoms with E-state index in [1.807, 2.05) is 22.6 Å². The van der Waals surface area contributed by atoms with E-state index in [0.29, 0.717) is 0 Å². The summed E-state index contributed by atoms with van der Waals surface area (Å²) in [5, 5.41) is 0. The molecule has 0 radical (unpaired) electrons. The number of halogens is 1. The van der Waals surface area contributed by atoms with Crippen LogP contribution in [0, 0.1) is 5.92 Å². The van der Waals surface area contributed by atoms with Gasteiger partial charge in [-0.3, -0.25) is 5.73 Å². The van der Waals surface area contributed by atoms with E-state index in [4.69, 9.17) is 5.73 Å². The van der Waals surface area contributed by atoms with Crippen LogP contribution in [0.2, 0.25) is 0 Å². The Bertz CT molecular complexity index is 69.9. The van der Waals surface area contributed by atoms with Crippen molar-refractivity contribution in [3.05, 3.63) is 0 Å². The SMILES string of the molecule is CC1C[C@@]1(N)[IH+]. The maximum atomic E-state index is 5.61. The van der Waals surface area contributed by atoms with Gasteiger partial charge in [-0.1, -0.05) is 6.92 Å². The van der Waals surface area contributed by atoms with Gasteiger partial charge in [-0.2, -0.15) is 0 Å². The third-order valence-corrected chi connectivity index (χ3v) is 2.92. The molecular formula is C4H9IN+. The molecule has 0 bridgehead atoms. The molecule has 2 N–H and O–H groups in total. The highest BCUT2D eigenvalue weighted by Crippen LogP contribution is 2.30. The molecule has 0 aromatic heterocycles. The van der Waals surface area contributed by atoms with Crippen LogP contribution < -0.4 is 28.3 Å². The van der Waals surface area contributed by atoms with Crippen LogP contribution in [-0.2, 0) is 0 Å². The van der Waals surface area contributed by atoms with Crippen molar-refractivity contribution in [3.63, 3.8) is 0 Å². The molecule has 2 atom stereocenters. The Morgan fingerprint density at radius 1 is 2.00 bits per heavy atom. The smallest absolute Gasteiger partial charge is 0.276 e. The summed E-state index contributed by atoms with van der Waals surface area (Å²) >= 11 is 2.03. The molecule has 0 spiro atoms. The molecule has 0 saturated heterocycles. The molecule has 1 aliphatic carbocycles. The van der Waals surface area contributed by atoms with Gasteiger partial charge in [-0.15, -0.1) is 0 Å². The van der Waals surface area contributed by atoms with E-state index in [1.54, 1.807) is 0 Å². The van der Waals surface area contributed by atoms with Crippen LogP contribution in [-0.4, -0.2) is 3.55 Å². The molecule has 6 heavy (non-hydrogen) atoms. The minimum atomic E-state index is 0.218. The number of alkyl halides is 1. The minimum Gasteiger partial charge on any atom is -0.285 e. The quantitative estimate of drug-likeness (QED) is 0.250. The average molecular weight is 198 g/mol. The van der Waals surface area contributed by atoms with E-state index in [2.05, 4.69) is 6.92 Å². The molecule has 1 unspecified atom stereocenters. The monoisotopic (exact) mass is 198 g/mol. The molecule has 0 amide bonds. The summed E-state index contributed by atoms with van der Waals surface area (Å²) in [7, 11) is 0. The van der Waals surface area contributed by atoms with Gasteiger partial charge in [-0.05, 0) is 0 Å². The van der Waals surface area contributed by atoms with Gasteiger partial charge in [0.2, 0.25) is 3.55 Å². The fourth-order valence-electron chi connectivity index (χ4n) is 0.420. The third-order valence-electron chi connectivity index (χ3n) is 1.30. The number of hydrogen-bond acceptors (Lipinski definition) is 1. The lowest BCUT2D eigenvalue weighted by atomic mass is 10.5. The summed E-state index contributed by atoms with van der Waals surface area (Å²) in [6, 6.07) is 0. The van der Waals surface area contributed by atoms with Crippen molar-refractivity contribution in [2.75, 3.05) is 0 Å². The van der Waals surface area contributed by atoms with E-state index < -0.39 is 0 Å². The van der Waals surface area contributed by atoms with Crippen molar-refractivity contribution in [3.8, 4) is 0 Å². The topological polar surface area (TPSA) is 26.0 Å². The maximum Gasteiger partial charge on any atom is 0.276 e. The lowest BCUT2D eigenvalue weighted by Crippen LogP contribution is -3.42. The molecule has 0 aromatic rings. The largest absolute Gasteiger partial charge is 0.285 e. The van der Waals surface area contributed by atoms with Gasteiger partial charge in [0.1, 0.15) is 0 Å². The van der Waals surface area contributed by atoms with E-state index in [0.717, 1.165) is 5.92 Å². The zero-order valence-electron chi connectivity index (χ0n) is 3.77. The first-order chi connectivity index (χ1) is 2.63. The summed E-state index contributed by atoms with van der Waals surface area (Å²) in [5.41, 5.74) is 5.61. The Hall–Kier alpha value is 0.690. The zero-order chi connectivity index (χ0) is 4.78. The molecule has 2 heteroatoms. The molecule has 0 heterocycles. The Morgan fingerprint density at radius 2 is 2.17 bits per heavy atom. The summed E-state index contributed by atoms with van der Waals surface area (Å²) in [5.74, 6) is 0.780. The summed E-state index contributed by atoms with van der Waals surface area (Å²) < 4.78 is 0.218. The average Bonchev–Trinajstić information content (AvgIpc) is 1.73. The molecule has 0 aliphatic heterocycles. The second-order valence-electron chi connectivity index (χ2n) is 2.06. The second-order valence-corrected chi connectivity index (χ2v) is 4.23. The summed E-state index contributed by atoms with van der Waals surface area (Å²) in [6.45, 7) is 2.18. The molecule has 1 rings (SSSR count). The van der Waals surface area contributed by atoms with Gasteiger partial charge >= 0.3 is 0 Å². The highest BCUT2D eigenvalue weighted by atomic mass is 127. The van der Waals surface area contributed by atoms with Crippen LogP contribution in [0.1, 0.15) is 13.3 Å². The maximum absolute atomic E-state index is 5.61. The van der Waals surface area contributed by atoms with Crippen molar-refractivity contribution >= 4 is 0 Å². The van der Waals surface area contributed by atoms with Crippen LogP contribution in [0.3, 0.4) is 0 Å². The Morgan fingerprint density at radius 3 is 2.17 bits per heavy atom. The zero-order valence-corrected chi connectivity index (χ0v) is 6.10. The first-order valence-electron chi connectivity index (χ1n) is 2.12. The fraction of sp³-hybridized carbons (Fsp3) is 1.00. The molecule has 1 nitrogen and oxygen atoms in total. The fourth-order valence-corrected chi connectivity index (χ4v) is 1.13. The van der Waals surface area contributed by atoms with Crippen molar-refractivity contribution in [2.24, 2.45) is 11.7 Å². The molecular weight excluding hydrogens is 189 g/mol. The van der Waals surface area contributed by atoms with Gasteiger partial charge in [-0.25, -0.2) is 0 Å². The molecule has 36 valence electrons. The van der Waals surface area contributed by atoms with Crippen molar-refractivity contribution < 1.29 is 22.6 Å². The van der Waals surface area contributed by atoms with Crippen molar-refractivity contribution in [1.82, 2.24) is 0 Å². The Kier molecular flexibility index (Phi) is 0.883. The third kappa shape index (κ3) is 0.680. The van der Waals surface area contributed by atoms with Crippen LogP contribution >= 0.6 is 0 Å². The first kappa shape index (κ1) is 4.84. The summed E-state index contributed by atoms with van der Waals surface area (Å²) in [4.78, 5) is 0. The number of hydrogen-bond donors (Lipinski definition) is 1. The molecule has 1 aliphatic rings. The van der Waals surface area contributed by atoms with Gasteiger partial charge in [0.05, 0.1) is 0 Å². The molecule has 1 saturated carbocycles. The van der Waals surface area contributed by atoms with Crippen molar-refractivity contribution in [1.29, 1.82) is 0 Å². The predicted molar refractivity (Wildman–Crippen MR) is 22.1 cm³/mol. The highest BCUT2D eigenvalue weighted by Gasteiger charge is 2.54. The van der Waals surface area contributed by atoms with Crippen LogP contribution in [0.4, 0.5) is 0 Å². The Labute approximate surface area is 51.4 Å². The molecule has 1 fully saturated rings. The molecule has 0 aromatic carbocycles. The van der Waals surface area contributed by atoms with Gasteiger partial charge in [0, 0.05) is 12.3 Å². The predicted octanol–water partition coefficient (Wildman–Crippen LogP) is -3.03. The van der Waals surface area contributed by atoms with Crippen LogP contribution in [0.15, 0.2) is 0 Å². The number of rotatable bonds is 0. The first-order valence-corrected chi connectivity index (χ1v) is 3.29. The normalized spacial score (nSPS) is 55.5. The van der Waals surface area contributed by atoms with E-state index in [1.165, 1.54) is 6.42 Å². The van der Waals surface area contributed by atoms with Gasteiger partial charge in [0.25, 0.3) is 22.6 Å². The van der Waals surface area contributed by atoms with Gasteiger partial charge < -0.3 is 0 Å². The highest BCUT2D eigenvalue weighted by molar-refractivity contribution is 4.92. The van der Waals surface area contributed by atoms with Crippen molar-refractivity contribution in [2.45, 2.75) is 16.9 Å². The lowest BCUT2D eigenvalue weighted by Gasteiger charge is -1.78. The minimum absolute atomic E-state index is 0.218. The Balaban J connectivity index is 2.41. The van der Waals surface area contributed by atoms with E-state index in [-0.39, 0.29) is 3.55 Å². The van der Waals surface area contributed by atoms with Gasteiger partial charge in [0.15, 0.2) is 0 Å². The van der Waals surface area contributed by atoms with E-state index in [9.17, 15) is 0 Å². The second kappa shape index (κ2) is 1.10. The van der Waals surface area contributed by atoms with Crippen LogP contribution in [0.5, 0.6) is 0 Å². The number of nitrogens with two attached hydrogens (primary N) is 1.